The van der Waals surface area contributed by atoms with E-state index in [2.05, 4.69) is 18.9 Å². The number of hydrogen-bond acceptors (Lipinski definition) is 2. The van der Waals surface area contributed by atoms with Crippen molar-refractivity contribution in [3.05, 3.63) is 0 Å². The molecule has 1 fully saturated rings. The molecule has 0 amide bonds. The molecule has 0 aromatic rings. The summed E-state index contributed by atoms with van der Waals surface area (Å²) in [6, 6.07) is 0. The Morgan fingerprint density at radius 2 is 2.30 bits per heavy atom. The first-order chi connectivity index (χ1) is 4.74. The lowest BCUT2D eigenvalue weighted by molar-refractivity contribution is 0.0990. The van der Waals surface area contributed by atoms with Crippen molar-refractivity contribution in [1.82, 2.24) is 4.90 Å². The summed E-state index contributed by atoms with van der Waals surface area (Å²) in [4.78, 5) is 2.33. The molecule has 1 aliphatic heterocycles. The van der Waals surface area contributed by atoms with Crippen LogP contribution in [0.2, 0.25) is 0 Å². The largest absolute Gasteiger partial charge is 0.396 e. The highest BCUT2D eigenvalue weighted by Gasteiger charge is 2.22. The van der Waals surface area contributed by atoms with Crippen molar-refractivity contribution < 1.29 is 5.11 Å². The van der Waals surface area contributed by atoms with Gasteiger partial charge in [-0.05, 0) is 31.8 Å². The zero-order chi connectivity index (χ0) is 7.56. The van der Waals surface area contributed by atoms with Crippen molar-refractivity contribution in [2.75, 3.05) is 26.7 Å². The van der Waals surface area contributed by atoms with E-state index >= 15 is 0 Å². The number of hydrogen-bond donors (Lipinski definition) is 1. The van der Waals surface area contributed by atoms with Gasteiger partial charge >= 0.3 is 0 Å². The van der Waals surface area contributed by atoms with Crippen LogP contribution in [0.4, 0.5) is 0 Å². The molecule has 0 aromatic heterocycles. The Balaban J connectivity index is 2.36. The van der Waals surface area contributed by atoms with E-state index in [1.54, 1.807) is 0 Å². The van der Waals surface area contributed by atoms with Crippen molar-refractivity contribution in [3.63, 3.8) is 0 Å². The summed E-state index contributed by atoms with van der Waals surface area (Å²) < 4.78 is 0. The Hall–Kier alpha value is -0.0800. The molecule has 1 heterocycles. The molecule has 2 atom stereocenters. The smallest absolute Gasteiger partial charge is 0.0462 e. The first-order valence-electron chi connectivity index (χ1n) is 4.03. The van der Waals surface area contributed by atoms with E-state index in [-0.39, 0.29) is 0 Å². The van der Waals surface area contributed by atoms with Gasteiger partial charge in [-0.3, -0.25) is 0 Å². The Kier molecular flexibility index (Phi) is 2.69. The predicted octanol–water partition coefficient (Wildman–Crippen LogP) is 0.567. The Morgan fingerprint density at radius 1 is 1.60 bits per heavy atom. The van der Waals surface area contributed by atoms with Gasteiger partial charge in [0.1, 0.15) is 0 Å². The number of nitrogens with zero attached hydrogens (tertiary/aromatic N) is 1. The monoisotopic (exact) mass is 143 g/mol. The zero-order valence-electron chi connectivity index (χ0n) is 6.88. The number of piperidine rings is 1. The van der Waals surface area contributed by atoms with Gasteiger partial charge in [0, 0.05) is 13.2 Å². The van der Waals surface area contributed by atoms with E-state index in [0.29, 0.717) is 18.4 Å². The summed E-state index contributed by atoms with van der Waals surface area (Å²) in [5.74, 6) is 1.22. The van der Waals surface area contributed by atoms with Gasteiger partial charge in [0.15, 0.2) is 0 Å². The quantitative estimate of drug-likeness (QED) is 0.580. The third kappa shape index (κ3) is 1.70. The fourth-order valence-electron chi connectivity index (χ4n) is 1.67. The summed E-state index contributed by atoms with van der Waals surface area (Å²) in [5, 5.41) is 8.93. The minimum absolute atomic E-state index is 0.370. The molecule has 0 spiro atoms. The summed E-state index contributed by atoms with van der Waals surface area (Å²) in [7, 11) is 2.14. The van der Waals surface area contributed by atoms with Crippen LogP contribution in [0.15, 0.2) is 0 Å². The maximum Gasteiger partial charge on any atom is 0.0462 e. The van der Waals surface area contributed by atoms with E-state index in [9.17, 15) is 0 Å². The van der Waals surface area contributed by atoms with Crippen molar-refractivity contribution in [3.8, 4) is 0 Å². The molecule has 2 heteroatoms. The molecule has 1 rings (SSSR count). The molecular weight excluding hydrogens is 126 g/mol. The van der Waals surface area contributed by atoms with Gasteiger partial charge in [0.25, 0.3) is 0 Å². The van der Waals surface area contributed by atoms with Crippen molar-refractivity contribution in [1.29, 1.82) is 0 Å². The lowest BCUT2D eigenvalue weighted by Gasteiger charge is -2.33. The first kappa shape index (κ1) is 8.02. The maximum absolute atomic E-state index is 8.93. The van der Waals surface area contributed by atoms with Crippen molar-refractivity contribution >= 4 is 0 Å². The van der Waals surface area contributed by atoms with Crippen LogP contribution >= 0.6 is 0 Å². The molecule has 10 heavy (non-hydrogen) atoms. The second-order valence-electron chi connectivity index (χ2n) is 3.47. The SMILES string of the molecule is CC1CN(C)CCC1CO. The van der Waals surface area contributed by atoms with E-state index < -0.39 is 0 Å². The van der Waals surface area contributed by atoms with Gasteiger partial charge in [-0.25, -0.2) is 0 Å². The summed E-state index contributed by atoms with van der Waals surface area (Å²) >= 11 is 0. The molecule has 0 aliphatic carbocycles. The van der Waals surface area contributed by atoms with Gasteiger partial charge < -0.3 is 10.0 Å². The average Bonchev–Trinajstić information content (AvgIpc) is 1.88. The van der Waals surface area contributed by atoms with E-state index in [4.69, 9.17) is 5.11 Å². The average molecular weight is 143 g/mol. The summed E-state index contributed by atoms with van der Waals surface area (Å²) in [5.41, 5.74) is 0. The van der Waals surface area contributed by atoms with Crippen molar-refractivity contribution in [2.45, 2.75) is 13.3 Å². The first-order valence-corrected chi connectivity index (χ1v) is 4.03. The van der Waals surface area contributed by atoms with Gasteiger partial charge in [-0.1, -0.05) is 6.92 Å². The molecule has 1 N–H and O–H groups in total. The van der Waals surface area contributed by atoms with Crippen LogP contribution in [-0.4, -0.2) is 36.8 Å². The van der Waals surface area contributed by atoms with Crippen LogP contribution in [0.25, 0.3) is 0 Å². The second-order valence-corrected chi connectivity index (χ2v) is 3.47. The molecule has 0 bridgehead atoms. The minimum Gasteiger partial charge on any atom is -0.396 e. The number of aliphatic hydroxyl groups excluding tert-OH is 1. The van der Waals surface area contributed by atoms with Crippen LogP contribution < -0.4 is 0 Å². The summed E-state index contributed by atoms with van der Waals surface area (Å²) in [6.45, 7) is 4.88. The van der Waals surface area contributed by atoms with Crippen molar-refractivity contribution in [2.24, 2.45) is 11.8 Å². The number of likely N-dealkylation sites (tertiary alicyclic amines) is 1. The highest BCUT2D eigenvalue weighted by Crippen LogP contribution is 2.21. The molecule has 2 nitrogen and oxygen atoms in total. The Morgan fingerprint density at radius 3 is 2.80 bits per heavy atom. The number of rotatable bonds is 1. The lowest BCUT2D eigenvalue weighted by Crippen LogP contribution is -2.37. The third-order valence-electron chi connectivity index (χ3n) is 2.52. The molecule has 2 unspecified atom stereocenters. The van der Waals surface area contributed by atoms with Crippen LogP contribution in [0.1, 0.15) is 13.3 Å². The molecule has 0 saturated carbocycles. The minimum atomic E-state index is 0.370. The van der Waals surface area contributed by atoms with Gasteiger partial charge in [-0.15, -0.1) is 0 Å². The fraction of sp³-hybridized carbons (Fsp3) is 1.00. The van der Waals surface area contributed by atoms with Gasteiger partial charge in [0.05, 0.1) is 0 Å². The summed E-state index contributed by atoms with van der Waals surface area (Å²) in [6.07, 6.45) is 1.16. The van der Waals surface area contributed by atoms with Crippen LogP contribution in [0.3, 0.4) is 0 Å². The highest BCUT2D eigenvalue weighted by atomic mass is 16.3. The maximum atomic E-state index is 8.93. The molecule has 0 aromatic carbocycles. The normalized spacial score (nSPS) is 36.3. The zero-order valence-corrected chi connectivity index (χ0v) is 6.88. The predicted molar refractivity (Wildman–Crippen MR) is 41.9 cm³/mol. The van der Waals surface area contributed by atoms with Gasteiger partial charge in [0.2, 0.25) is 0 Å². The molecular formula is C8H17NO. The van der Waals surface area contributed by atoms with Crippen LogP contribution in [0.5, 0.6) is 0 Å². The van der Waals surface area contributed by atoms with E-state index in [1.807, 2.05) is 0 Å². The van der Waals surface area contributed by atoms with Gasteiger partial charge in [-0.2, -0.15) is 0 Å². The topological polar surface area (TPSA) is 23.5 Å². The third-order valence-corrected chi connectivity index (χ3v) is 2.52. The highest BCUT2D eigenvalue weighted by molar-refractivity contribution is 4.74. The molecule has 1 aliphatic rings. The Bertz CT molecular complexity index is 105. The lowest BCUT2D eigenvalue weighted by atomic mass is 9.88. The van der Waals surface area contributed by atoms with Crippen LogP contribution in [-0.2, 0) is 0 Å². The molecule has 0 radical (unpaired) electrons. The molecule has 1 saturated heterocycles. The van der Waals surface area contributed by atoms with E-state index in [1.165, 1.54) is 0 Å². The Labute approximate surface area is 62.8 Å². The molecule has 60 valence electrons. The van der Waals surface area contributed by atoms with Crippen LogP contribution in [0, 0.1) is 11.8 Å². The number of aliphatic hydroxyl groups is 1. The second kappa shape index (κ2) is 3.35. The standard InChI is InChI=1S/C8H17NO/c1-7-5-9(2)4-3-8(7)6-10/h7-8,10H,3-6H2,1-2H3. The van der Waals surface area contributed by atoms with E-state index in [0.717, 1.165) is 19.5 Å². The fourth-order valence-corrected chi connectivity index (χ4v) is 1.67.